The Morgan fingerprint density at radius 2 is 1.95 bits per heavy atom. The summed E-state index contributed by atoms with van der Waals surface area (Å²) in [6, 6.07) is 3.16. The minimum absolute atomic E-state index is 0. The Bertz CT molecular complexity index is 488. The molecule has 2 bridgehead atoms. The molecule has 2 aliphatic heterocycles. The molecule has 1 N–H and O–H groups in total. The second-order valence-corrected chi connectivity index (χ2v) is 5.94. The van der Waals surface area contributed by atoms with Gasteiger partial charge in [0.05, 0.1) is 10.6 Å². The molecule has 1 aromatic rings. The van der Waals surface area contributed by atoms with Crippen molar-refractivity contribution >= 4 is 42.3 Å². The van der Waals surface area contributed by atoms with Crippen molar-refractivity contribution in [3.05, 3.63) is 29.0 Å². The fraction of sp³-hybridized carbons (Fsp3) is 0.571. The zero-order chi connectivity index (χ0) is 13.4. The summed E-state index contributed by atoms with van der Waals surface area (Å²) in [7, 11) is 1.88. The summed E-state index contributed by atoms with van der Waals surface area (Å²) >= 11 is 6.05. The number of amides is 1. The highest BCUT2D eigenvalue weighted by Gasteiger charge is 2.36. The van der Waals surface area contributed by atoms with E-state index in [-0.39, 0.29) is 30.7 Å². The molecule has 3 rings (SSSR count). The number of rotatable bonds is 2. The molecule has 21 heavy (non-hydrogen) atoms. The molecule has 1 amide bonds. The van der Waals surface area contributed by atoms with E-state index in [1.165, 1.54) is 19.0 Å². The lowest BCUT2D eigenvalue weighted by Crippen LogP contribution is -2.48. The van der Waals surface area contributed by atoms with Gasteiger partial charge in [0.25, 0.3) is 5.91 Å². The molecule has 2 fully saturated rings. The molecule has 2 unspecified atom stereocenters. The molecule has 0 radical (unpaired) electrons. The van der Waals surface area contributed by atoms with Crippen molar-refractivity contribution in [2.75, 3.05) is 7.05 Å². The monoisotopic (exact) mass is 351 g/mol. The second kappa shape index (κ2) is 7.63. The van der Waals surface area contributed by atoms with E-state index >= 15 is 0 Å². The largest absolute Gasteiger partial charge is 0.339 e. The topological polar surface area (TPSA) is 45.2 Å². The van der Waals surface area contributed by atoms with Crippen LogP contribution in [-0.2, 0) is 0 Å². The number of carbonyl (C=O) groups excluding carboxylic acids is 1. The van der Waals surface area contributed by atoms with Gasteiger partial charge in [0.2, 0.25) is 0 Å². The summed E-state index contributed by atoms with van der Waals surface area (Å²) < 4.78 is 0. The number of nitrogens with zero attached hydrogens (tertiary/aromatic N) is 2. The average molecular weight is 353 g/mol. The highest BCUT2D eigenvalue weighted by atomic mass is 35.5. The van der Waals surface area contributed by atoms with Gasteiger partial charge in [0, 0.05) is 37.6 Å². The van der Waals surface area contributed by atoms with Crippen LogP contribution in [0.15, 0.2) is 18.5 Å². The van der Waals surface area contributed by atoms with Crippen LogP contribution in [-0.4, -0.2) is 41.0 Å². The number of aromatic nitrogens is 1. The Hall–Kier alpha value is -0.550. The van der Waals surface area contributed by atoms with E-state index in [4.69, 9.17) is 11.6 Å². The van der Waals surface area contributed by atoms with Crippen LogP contribution >= 0.6 is 36.4 Å². The minimum atomic E-state index is -0.00120. The first-order valence-corrected chi connectivity index (χ1v) is 7.15. The van der Waals surface area contributed by atoms with Crippen molar-refractivity contribution in [3.8, 4) is 0 Å². The number of hydrogen-bond acceptors (Lipinski definition) is 3. The number of hydrogen-bond donors (Lipinski definition) is 1. The number of piperidine rings is 1. The molecule has 0 aliphatic carbocycles. The van der Waals surface area contributed by atoms with Crippen molar-refractivity contribution in [2.45, 2.75) is 43.8 Å². The first-order chi connectivity index (χ1) is 9.15. The maximum absolute atomic E-state index is 12.5. The van der Waals surface area contributed by atoms with Crippen LogP contribution in [0.2, 0.25) is 5.02 Å². The first-order valence-electron chi connectivity index (χ1n) is 6.78. The number of nitrogens with one attached hydrogen (secondary N) is 1. The minimum Gasteiger partial charge on any atom is -0.339 e. The molecule has 0 aromatic carbocycles. The standard InChI is InChI=1S/C14H18ClN3O.2ClH/c1-18(11-6-9-2-3-10(7-11)17-9)14(19)12-4-5-16-8-13(12)15;;/h4-5,8-11,17H,2-3,6-7H2,1H3;2*1H. The first kappa shape index (κ1) is 18.5. The van der Waals surface area contributed by atoms with Gasteiger partial charge in [0.15, 0.2) is 0 Å². The third-order valence-electron chi connectivity index (χ3n) is 4.32. The van der Waals surface area contributed by atoms with Crippen LogP contribution in [0.25, 0.3) is 0 Å². The Labute approximate surface area is 142 Å². The van der Waals surface area contributed by atoms with E-state index in [2.05, 4.69) is 10.3 Å². The SMILES string of the molecule is CN(C(=O)c1ccncc1Cl)C1CC2CCC(C1)N2.Cl.Cl. The van der Waals surface area contributed by atoms with E-state index in [0.29, 0.717) is 28.7 Å². The smallest absolute Gasteiger partial charge is 0.255 e. The number of fused-ring (bicyclic) bond motifs is 2. The van der Waals surface area contributed by atoms with Gasteiger partial charge in [-0.05, 0) is 31.7 Å². The zero-order valence-electron chi connectivity index (χ0n) is 11.8. The van der Waals surface area contributed by atoms with Crippen LogP contribution in [0.5, 0.6) is 0 Å². The molecule has 0 spiro atoms. The Morgan fingerprint density at radius 3 is 2.52 bits per heavy atom. The van der Waals surface area contributed by atoms with Crippen LogP contribution in [0.1, 0.15) is 36.0 Å². The van der Waals surface area contributed by atoms with Gasteiger partial charge in [-0.2, -0.15) is 0 Å². The van der Waals surface area contributed by atoms with Crippen molar-refractivity contribution in [1.29, 1.82) is 0 Å². The van der Waals surface area contributed by atoms with Gasteiger partial charge in [-0.15, -0.1) is 24.8 Å². The number of halogens is 3. The molecule has 0 saturated carbocycles. The summed E-state index contributed by atoms with van der Waals surface area (Å²) in [6.45, 7) is 0. The van der Waals surface area contributed by atoms with Crippen LogP contribution < -0.4 is 5.32 Å². The summed E-state index contributed by atoms with van der Waals surface area (Å²) in [5.41, 5.74) is 0.546. The molecule has 3 heterocycles. The molecule has 2 atom stereocenters. The fourth-order valence-electron chi connectivity index (χ4n) is 3.25. The average Bonchev–Trinajstić information content (AvgIpc) is 2.76. The van der Waals surface area contributed by atoms with E-state index in [1.807, 2.05) is 11.9 Å². The Balaban J connectivity index is 0.00000110. The lowest BCUT2D eigenvalue weighted by Gasteiger charge is -2.35. The van der Waals surface area contributed by atoms with Gasteiger partial charge in [0.1, 0.15) is 0 Å². The van der Waals surface area contributed by atoms with Crippen molar-refractivity contribution in [3.63, 3.8) is 0 Å². The summed E-state index contributed by atoms with van der Waals surface area (Å²) in [6.07, 6.45) is 7.69. The molecular formula is C14H20Cl3N3O. The zero-order valence-corrected chi connectivity index (χ0v) is 14.2. The van der Waals surface area contributed by atoms with Gasteiger partial charge < -0.3 is 10.2 Å². The molecule has 118 valence electrons. The highest BCUT2D eigenvalue weighted by molar-refractivity contribution is 6.33. The highest BCUT2D eigenvalue weighted by Crippen LogP contribution is 2.30. The fourth-order valence-corrected chi connectivity index (χ4v) is 3.45. The van der Waals surface area contributed by atoms with E-state index < -0.39 is 0 Å². The quantitative estimate of drug-likeness (QED) is 0.890. The van der Waals surface area contributed by atoms with E-state index in [9.17, 15) is 4.79 Å². The summed E-state index contributed by atoms with van der Waals surface area (Å²) in [5.74, 6) is -0.00120. The van der Waals surface area contributed by atoms with Gasteiger partial charge in [-0.25, -0.2) is 0 Å². The van der Waals surface area contributed by atoms with E-state index in [0.717, 1.165) is 12.8 Å². The van der Waals surface area contributed by atoms with Crippen LogP contribution in [0.3, 0.4) is 0 Å². The number of pyridine rings is 1. The Morgan fingerprint density at radius 1 is 1.33 bits per heavy atom. The summed E-state index contributed by atoms with van der Waals surface area (Å²) in [5, 5.41) is 4.02. The predicted molar refractivity (Wildman–Crippen MR) is 88.8 cm³/mol. The van der Waals surface area contributed by atoms with Crippen molar-refractivity contribution in [2.24, 2.45) is 0 Å². The maximum atomic E-state index is 12.5. The second-order valence-electron chi connectivity index (χ2n) is 5.53. The molecule has 1 aromatic heterocycles. The maximum Gasteiger partial charge on any atom is 0.255 e. The lowest BCUT2D eigenvalue weighted by atomic mass is 9.98. The lowest BCUT2D eigenvalue weighted by molar-refractivity contribution is 0.0682. The third-order valence-corrected chi connectivity index (χ3v) is 4.62. The van der Waals surface area contributed by atoms with Crippen molar-refractivity contribution < 1.29 is 4.79 Å². The van der Waals surface area contributed by atoms with E-state index in [1.54, 1.807) is 12.3 Å². The summed E-state index contributed by atoms with van der Waals surface area (Å²) in [4.78, 5) is 18.3. The normalized spacial score (nSPS) is 26.5. The molecule has 7 heteroatoms. The van der Waals surface area contributed by atoms with Gasteiger partial charge in [-0.3, -0.25) is 9.78 Å². The molecule has 2 aliphatic rings. The molecular weight excluding hydrogens is 333 g/mol. The van der Waals surface area contributed by atoms with Crippen LogP contribution in [0, 0.1) is 0 Å². The van der Waals surface area contributed by atoms with Crippen LogP contribution in [0.4, 0.5) is 0 Å². The third kappa shape index (κ3) is 3.81. The Kier molecular flexibility index (Phi) is 6.72. The molecule has 2 saturated heterocycles. The number of carbonyl (C=O) groups is 1. The predicted octanol–water partition coefficient (Wildman–Crippen LogP) is 2.93. The van der Waals surface area contributed by atoms with Gasteiger partial charge in [-0.1, -0.05) is 11.6 Å². The molecule has 4 nitrogen and oxygen atoms in total. The van der Waals surface area contributed by atoms with Gasteiger partial charge >= 0.3 is 0 Å². The van der Waals surface area contributed by atoms with Crippen molar-refractivity contribution in [1.82, 2.24) is 15.2 Å².